The zero-order chi connectivity index (χ0) is 9.84. The molecule has 1 rings (SSSR count). The first-order chi connectivity index (χ1) is 6.13. The lowest BCUT2D eigenvalue weighted by Gasteiger charge is -2.04. The van der Waals surface area contributed by atoms with Crippen LogP contribution in [0.4, 0.5) is 0 Å². The third kappa shape index (κ3) is 2.68. The van der Waals surface area contributed by atoms with Crippen LogP contribution in [0.3, 0.4) is 0 Å². The normalized spacial score (nSPS) is 12.8. The molecule has 0 bridgehead atoms. The molecule has 1 unspecified atom stereocenters. The second-order valence-corrected chi connectivity index (χ2v) is 3.57. The number of carbonyl (C=O) groups excluding carboxylic acids is 1. The highest BCUT2D eigenvalue weighted by Gasteiger charge is 2.11. The minimum atomic E-state index is 0.148. The second kappa shape index (κ2) is 4.21. The molecule has 0 fully saturated rings. The molecule has 1 atom stereocenters. The fraction of sp³-hybridized carbons (Fsp3) is 0.600. The summed E-state index contributed by atoms with van der Waals surface area (Å²) in [6.07, 6.45) is 5.07. The van der Waals surface area contributed by atoms with Gasteiger partial charge in [-0.2, -0.15) is 0 Å². The minimum absolute atomic E-state index is 0.148. The predicted molar refractivity (Wildman–Crippen MR) is 51.6 cm³/mol. The fourth-order valence-corrected chi connectivity index (χ4v) is 1.12. The fourth-order valence-electron chi connectivity index (χ4n) is 1.12. The highest BCUT2D eigenvalue weighted by Crippen LogP contribution is 2.10. The molecule has 0 amide bonds. The van der Waals surface area contributed by atoms with Crippen LogP contribution in [0.15, 0.2) is 12.5 Å². The quantitative estimate of drug-likeness (QED) is 0.664. The van der Waals surface area contributed by atoms with Gasteiger partial charge in [-0.1, -0.05) is 20.3 Å². The Morgan fingerprint density at radius 3 is 2.85 bits per heavy atom. The third-order valence-electron chi connectivity index (χ3n) is 2.22. The van der Waals surface area contributed by atoms with Crippen molar-refractivity contribution >= 4 is 5.78 Å². The summed E-state index contributed by atoms with van der Waals surface area (Å²) in [5, 5.41) is 0. The van der Waals surface area contributed by atoms with E-state index in [4.69, 9.17) is 0 Å². The van der Waals surface area contributed by atoms with Gasteiger partial charge in [0.15, 0.2) is 5.78 Å². The molecule has 3 heteroatoms. The monoisotopic (exact) mass is 180 g/mol. The van der Waals surface area contributed by atoms with Crippen LogP contribution in [0.1, 0.15) is 37.2 Å². The molecule has 0 aliphatic carbocycles. The minimum Gasteiger partial charge on any atom is -0.340 e. The number of hydrogen-bond donors (Lipinski definition) is 0. The molecule has 0 aliphatic rings. The maximum absolute atomic E-state index is 11.6. The number of carbonyl (C=O) groups is 1. The van der Waals surface area contributed by atoms with Gasteiger partial charge in [-0.3, -0.25) is 4.79 Å². The smallest absolute Gasteiger partial charge is 0.183 e. The average molecular weight is 180 g/mol. The van der Waals surface area contributed by atoms with Gasteiger partial charge in [0.2, 0.25) is 0 Å². The molecule has 0 aliphatic heterocycles. The van der Waals surface area contributed by atoms with E-state index in [1.807, 2.05) is 7.05 Å². The van der Waals surface area contributed by atoms with Gasteiger partial charge in [0.05, 0.1) is 6.33 Å². The molecule has 1 aromatic heterocycles. The van der Waals surface area contributed by atoms with Crippen molar-refractivity contribution in [1.29, 1.82) is 0 Å². The molecule has 72 valence electrons. The highest BCUT2D eigenvalue weighted by molar-refractivity contribution is 5.94. The van der Waals surface area contributed by atoms with Crippen LogP contribution in [-0.2, 0) is 7.05 Å². The Morgan fingerprint density at radius 1 is 1.69 bits per heavy atom. The first-order valence-electron chi connectivity index (χ1n) is 4.64. The van der Waals surface area contributed by atoms with Gasteiger partial charge in [-0.25, -0.2) is 4.98 Å². The Labute approximate surface area is 78.8 Å². The number of aromatic nitrogens is 2. The number of hydrogen-bond acceptors (Lipinski definition) is 2. The van der Waals surface area contributed by atoms with Gasteiger partial charge in [0.1, 0.15) is 5.69 Å². The van der Waals surface area contributed by atoms with Gasteiger partial charge in [0, 0.05) is 19.7 Å². The van der Waals surface area contributed by atoms with Crippen molar-refractivity contribution in [2.75, 3.05) is 0 Å². The average Bonchev–Trinajstić information content (AvgIpc) is 2.51. The predicted octanol–water partition coefficient (Wildman–Crippen LogP) is 2.04. The van der Waals surface area contributed by atoms with E-state index in [0.29, 0.717) is 18.0 Å². The molecule has 13 heavy (non-hydrogen) atoms. The van der Waals surface area contributed by atoms with E-state index in [0.717, 1.165) is 6.42 Å². The molecule has 0 N–H and O–H groups in total. The zero-order valence-electron chi connectivity index (χ0n) is 8.45. The molecule has 0 spiro atoms. The van der Waals surface area contributed by atoms with Gasteiger partial charge in [-0.05, 0) is 5.92 Å². The number of rotatable bonds is 4. The van der Waals surface area contributed by atoms with E-state index >= 15 is 0 Å². The van der Waals surface area contributed by atoms with Gasteiger partial charge < -0.3 is 4.57 Å². The van der Waals surface area contributed by atoms with Crippen molar-refractivity contribution in [3.05, 3.63) is 18.2 Å². The molecule has 1 heterocycles. The number of imidazole rings is 1. The van der Waals surface area contributed by atoms with Crippen LogP contribution in [0, 0.1) is 5.92 Å². The van der Waals surface area contributed by atoms with E-state index in [2.05, 4.69) is 18.8 Å². The van der Waals surface area contributed by atoms with Crippen molar-refractivity contribution in [2.24, 2.45) is 13.0 Å². The Balaban J connectivity index is 2.58. The summed E-state index contributed by atoms with van der Waals surface area (Å²) < 4.78 is 1.80. The first-order valence-corrected chi connectivity index (χ1v) is 4.64. The van der Waals surface area contributed by atoms with Crippen molar-refractivity contribution in [2.45, 2.75) is 26.7 Å². The molecular formula is C10H16N2O. The SMILES string of the molecule is CCC(C)CC(=O)c1cn(C)cn1. The maximum Gasteiger partial charge on any atom is 0.183 e. The topological polar surface area (TPSA) is 34.9 Å². The van der Waals surface area contributed by atoms with Crippen LogP contribution in [0.2, 0.25) is 0 Å². The van der Waals surface area contributed by atoms with Crippen LogP contribution < -0.4 is 0 Å². The number of aryl methyl sites for hydroxylation is 1. The summed E-state index contributed by atoms with van der Waals surface area (Å²) in [6, 6.07) is 0. The molecule has 0 radical (unpaired) electrons. The number of Topliss-reactive ketones (excluding diaryl/α,β-unsaturated/α-hetero) is 1. The Hall–Kier alpha value is -1.12. The van der Waals surface area contributed by atoms with Crippen LogP contribution in [0.5, 0.6) is 0 Å². The highest BCUT2D eigenvalue weighted by atomic mass is 16.1. The van der Waals surface area contributed by atoms with Gasteiger partial charge in [-0.15, -0.1) is 0 Å². The third-order valence-corrected chi connectivity index (χ3v) is 2.22. The van der Waals surface area contributed by atoms with Gasteiger partial charge >= 0.3 is 0 Å². The van der Waals surface area contributed by atoms with Crippen molar-refractivity contribution in [1.82, 2.24) is 9.55 Å². The van der Waals surface area contributed by atoms with E-state index in [9.17, 15) is 4.79 Å². The maximum atomic E-state index is 11.6. The molecule has 1 aromatic rings. The lowest BCUT2D eigenvalue weighted by molar-refractivity contribution is 0.0959. The van der Waals surface area contributed by atoms with Gasteiger partial charge in [0.25, 0.3) is 0 Å². The van der Waals surface area contributed by atoms with E-state index < -0.39 is 0 Å². The molecule has 3 nitrogen and oxygen atoms in total. The lowest BCUT2D eigenvalue weighted by atomic mass is 10.0. The molecule has 0 saturated heterocycles. The van der Waals surface area contributed by atoms with Crippen molar-refractivity contribution in [3.63, 3.8) is 0 Å². The van der Waals surface area contributed by atoms with Crippen molar-refractivity contribution < 1.29 is 4.79 Å². The Bertz CT molecular complexity index is 291. The van der Waals surface area contributed by atoms with Crippen LogP contribution in [0.25, 0.3) is 0 Å². The Kier molecular flexibility index (Phi) is 3.23. The standard InChI is InChI=1S/C10H16N2O/c1-4-8(2)5-10(13)9-6-12(3)7-11-9/h6-8H,4-5H2,1-3H3. The van der Waals surface area contributed by atoms with E-state index in [1.54, 1.807) is 17.1 Å². The summed E-state index contributed by atoms with van der Waals surface area (Å²) in [7, 11) is 1.87. The summed E-state index contributed by atoms with van der Waals surface area (Å²) in [5.41, 5.74) is 0.586. The second-order valence-electron chi connectivity index (χ2n) is 3.57. The first kappa shape index (κ1) is 9.96. The summed E-state index contributed by atoms with van der Waals surface area (Å²) >= 11 is 0. The largest absolute Gasteiger partial charge is 0.340 e. The zero-order valence-corrected chi connectivity index (χ0v) is 8.45. The molecular weight excluding hydrogens is 164 g/mol. The summed E-state index contributed by atoms with van der Waals surface area (Å²) in [5.74, 6) is 0.601. The van der Waals surface area contributed by atoms with E-state index in [-0.39, 0.29) is 5.78 Å². The van der Waals surface area contributed by atoms with E-state index in [1.165, 1.54) is 0 Å². The molecule has 0 saturated carbocycles. The van der Waals surface area contributed by atoms with Crippen LogP contribution >= 0.6 is 0 Å². The lowest BCUT2D eigenvalue weighted by Crippen LogP contribution is -2.05. The molecule has 0 aromatic carbocycles. The summed E-state index contributed by atoms with van der Waals surface area (Å²) in [4.78, 5) is 15.6. The van der Waals surface area contributed by atoms with Crippen molar-refractivity contribution in [3.8, 4) is 0 Å². The number of ketones is 1. The van der Waals surface area contributed by atoms with Crippen LogP contribution in [-0.4, -0.2) is 15.3 Å². The number of nitrogens with zero attached hydrogens (tertiary/aromatic N) is 2. The Morgan fingerprint density at radius 2 is 2.38 bits per heavy atom. The summed E-state index contributed by atoms with van der Waals surface area (Å²) in [6.45, 7) is 4.18.